The second-order valence-electron chi connectivity index (χ2n) is 9.10. The maximum atomic E-state index is 12.9. The average molecular weight is 450 g/mol. The van der Waals surface area contributed by atoms with Crippen molar-refractivity contribution in [3.05, 3.63) is 52.7 Å². The van der Waals surface area contributed by atoms with E-state index in [0.717, 1.165) is 51.9 Å². The van der Waals surface area contributed by atoms with Crippen LogP contribution in [0.3, 0.4) is 0 Å². The van der Waals surface area contributed by atoms with Crippen LogP contribution in [0.4, 0.5) is 11.5 Å². The number of anilines is 2. The largest absolute Gasteiger partial charge is 0.368 e. The van der Waals surface area contributed by atoms with E-state index in [1.165, 1.54) is 26.8 Å². The molecule has 1 aromatic carbocycles. The summed E-state index contributed by atoms with van der Waals surface area (Å²) in [5.41, 5.74) is 2.65. The van der Waals surface area contributed by atoms with E-state index < -0.39 is 0 Å². The topological polar surface area (TPSA) is 87.8 Å². The average Bonchev–Trinajstić information content (AvgIpc) is 3.15. The van der Waals surface area contributed by atoms with Crippen molar-refractivity contribution in [3.8, 4) is 0 Å². The van der Waals surface area contributed by atoms with E-state index in [0.29, 0.717) is 11.5 Å². The van der Waals surface area contributed by atoms with Gasteiger partial charge < -0.3 is 15.1 Å². The second kappa shape index (κ2) is 9.25. The van der Waals surface area contributed by atoms with Gasteiger partial charge in [0.2, 0.25) is 11.6 Å². The molecule has 33 heavy (non-hydrogen) atoms. The highest BCUT2D eigenvalue weighted by molar-refractivity contribution is 5.76. The summed E-state index contributed by atoms with van der Waals surface area (Å²) >= 11 is 0. The third-order valence-electron chi connectivity index (χ3n) is 6.73. The van der Waals surface area contributed by atoms with Gasteiger partial charge in [-0.2, -0.15) is 0 Å². The number of nitrogens with zero attached hydrogens (tertiary/aromatic N) is 6. The molecule has 5 rings (SSSR count). The molecule has 174 valence electrons. The Bertz CT molecular complexity index is 1170. The van der Waals surface area contributed by atoms with Gasteiger partial charge in [-0.25, -0.2) is 18.9 Å². The minimum Gasteiger partial charge on any atom is -0.368 e. The van der Waals surface area contributed by atoms with E-state index >= 15 is 0 Å². The lowest BCUT2D eigenvalue weighted by Crippen LogP contribution is -2.47. The number of piperazine rings is 1. The molecule has 3 heterocycles. The second-order valence-corrected chi connectivity index (χ2v) is 9.10. The maximum Gasteiger partial charge on any atom is 0.350 e. The van der Waals surface area contributed by atoms with Crippen molar-refractivity contribution in [3.63, 3.8) is 0 Å². The van der Waals surface area contributed by atoms with Crippen molar-refractivity contribution in [1.29, 1.82) is 0 Å². The van der Waals surface area contributed by atoms with Gasteiger partial charge >= 0.3 is 5.69 Å². The fourth-order valence-corrected chi connectivity index (χ4v) is 4.85. The Hall–Kier alpha value is -3.36. The lowest BCUT2D eigenvalue weighted by atomic mass is 9.95. The number of hydrogen-bond acceptors (Lipinski definition) is 6. The minimum absolute atomic E-state index is 0.0718. The molecular weight excluding hydrogens is 418 g/mol. The Balaban J connectivity index is 1.30. The molecule has 9 heteroatoms. The van der Waals surface area contributed by atoms with Crippen molar-refractivity contribution in [2.24, 2.45) is 0 Å². The van der Waals surface area contributed by atoms with Crippen molar-refractivity contribution in [2.45, 2.75) is 51.6 Å². The molecule has 0 bridgehead atoms. The van der Waals surface area contributed by atoms with Crippen LogP contribution in [0.5, 0.6) is 0 Å². The fourth-order valence-electron chi connectivity index (χ4n) is 4.85. The first-order valence-electron chi connectivity index (χ1n) is 11.9. The predicted octanol–water partition coefficient (Wildman–Crippen LogP) is 1.97. The standard InChI is InChI=1S/C24H31N7O2/c1-18-7-9-20(10-8-18)28-13-15-29(16-14-28)22-23-27-31(24(33)30(23)12-11-25-22)17-21(32)26-19-5-3-2-4-6-19/h7-12,19H,2-6,13-17H2,1H3,(H,26,32). The van der Waals surface area contributed by atoms with Gasteiger partial charge in [0.15, 0.2) is 5.82 Å². The lowest BCUT2D eigenvalue weighted by molar-refractivity contribution is -0.122. The molecule has 2 fully saturated rings. The summed E-state index contributed by atoms with van der Waals surface area (Å²) in [6.45, 7) is 5.31. The van der Waals surface area contributed by atoms with Gasteiger partial charge in [0.1, 0.15) is 6.54 Å². The zero-order valence-electron chi connectivity index (χ0n) is 19.1. The number of hydrogen-bond donors (Lipinski definition) is 1. The van der Waals surface area contributed by atoms with Crippen LogP contribution >= 0.6 is 0 Å². The van der Waals surface area contributed by atoms with Crippen LogP contribution in [0.25, 0.3) is 5.65 Å². The molecule has 0 unspecified atom stereocenters. The number of aromatic nitrogens is 4. The molecule has 9 nitrogen and oxygen atoms in total. The summed E-state index contributed by atoms with van der Waals surface area (Å²) in [6.07, 6.45) is 8.78. The Kier molecular flexibility index (Phi) is 6.02. The van der Waals surface area contributed by atoms with Crippen LogP contribution in [0.15, 0.2) is 41.5 Å². The van der Waals surface area contributed by atoms with Crippen molar-refractivity contribution >= 4 is 23.1 Å². The van der Waals surface area contributed by atoms with Crippen LogP contribution in [-0.4, -0.2) is 57.3 Å². The maximum absolute atomic E-state index is 12.9. The quantitative estimate of drug-likeness (QED) is 0.641. The van der Waals surface area contributed by atoms with E-state index in [1.807, 2.05) is 0 Å². The Morgan fingerprint density at radius 1 is 1.03 bits per heavy atom. The van der Waals surface area contributed by atoms with Gasteiger partial charge in [-0.15, -0.1) is 5.10 Å². The summed E-state index contributed by atoms with van der Waals surface area (Å²) in [7, 11) is 0. The van der Waals surface area contributed by atoms with E-state index in [4.69, 9.17) is 0 Å². The van der Waals surface area contributed by atoms with Gasteiger partial charge in [-0.1, -0.05) is 37.0 Å². The molecule has 3 aromatic rings. The molecule has 1 aliphatic heterocycles. The normalized spacial score (nSPS) is 17.5. The van der Waals surface area contributed by atoms with Gasteiger partial charge in [0.05, 0.1) is 0 Å². The molecule has 1 amide bonds. The van der Waals surface area contributed by atoms with Crippen LogP contribution in [0.1, 0.15) is 37.7 Å². The Morgan fingerprint density at radius 2 is 1.73 bits per heavy atom. The van der Waals surface area contributed by atoms with Crippen molar-refractivity contribution in [1.82, 2.24) is 24.5 Å². The Morgan fingerprint density at radius 3 is 2.45 bits per heavy atom. The highest BCUT2D eigenvalue weighted by atomic mass is 16.2. The van der Waals surface area contributed by atoms with Gasteiger partial charge in [-0.05, 0) is 31.9 Å². The number of amides is 1. The number of rotatable bonds is 5. The van der Waals surface area contributed by atoms with Gasteiger partial charge in [0.25, 0.3) is 0 Å². The number of carbonyl (C=O) groups excluding carboxylic acids is 1. The van der Waals surface area contributed by atoms with Crippen LogP contribution < -0.4 is 20.8 Å². The molecule has 1 N–H and O–H groups in total. The first kappa shape index (κ1) is 21.5. The molecule has 2 aromatic heterocycles. The number of aryl methyl sites for hydroxylation is 1. The van der Waals surface area contributed by atoms with Crippen LogP contribution in [-0.2, 0) is 11.3 Å². The predicted molar refractivity (Wildman–Crippen MR) is 128 cm³/mol. The molecule has 1 saturated heterocycles. The molecule has 1 aliphatic carbocycles. The van der Waals surface area contributed by atoms with E-state index in [9.17, 15) is 9.59 Å². The highest BCUT2D eigenvalue weighted by Gasteiger charge is 2.23. The monoisotopic (exact) mass is 449 g/mol. The van der Waals surface area contributed by atoms with E-state index in [1.54, 1.807) is 12.4 Å². The molecular formula is C24H31N7O2. The van der Waals surface area contributed by atoms with Gasteiger partial charge in [0, 0.05) is 50.3 Å². The molecule has 2 aliphatic rings. The van der Waals surface area contributed by atoms with Gasteiger partial charge in [-0.3, -0.25) is 4.79 Å². The third-order valence-corrected chi connectivity index (χ3v) is 6.73. The first-order valence-corrected chi connectivity index (χ1v) is 11.9. The minimum atomic E-state index is -0.314. The lowest BCUT2D eigenvalue weighted by Gasteiger charge is -2.36. The third kappa shape index (κ3) is 4.58. The number of benzene rings is 1. The summed E-state index contributed by atoms with van der Waals surface area (Å²) in [6, 6.07) is 8.79. The highest BCUT2D eigenvalue weighted by Crippen LogP contribution is 2.22. The smallest absolute Gasteiger partial charge is 0.350 e. The zero-order valence-corrected chi connectivity index (χ0v) is 19.1. The molecule has 1 saturated carbocycles. The molecule has 0 radical (unpaired) electrons. The van der Waals surface area contributed by atoms with Crippen molar-refractivity contribution in [2.75, 3.05) is 36.0 Å². The summed E-state index contributed by atoms with van der Waals surface area (Å²) in [4.78, 5) is 34.5. The SMILES string of the molecule is Cc1ccc(N2CCN(c3nccn4c(=O)n(CC(=O)NC5CCCCC5)nc34)CC2)cc1. The molecule has 0 spiro atoms. The van der Waals surface area contributed by atoms with E-state index in [2.05, 4.69) is 56.4 Å². The number of nitrogens with one attached hydrogen (secondary N) is 1. The molecule has 0 atom stereocenters. The van der Waals surface area contributed by atoms with Crippen molar-refractivity contribution < 1.29 is 4.79 Å². The fraction of sp³-hybridized carbons (Fsp3) is 0.500. The summed E-state index contributed by atoms with van der Waals surface area (Å²) in [5.74, 6) is 0.526. The first-order chi connectivity index (χ1) is 16.1. The number of carbonyl (C=O) groups is 1. The Labute approximate surface area is 193 Å². The number of fused-ring (bicyclic) bond motifs is 1. The van der Waals surface area contributed by atoms with Crippen LogP contribution in [0.2, 0.25) is 0 Å². The summed E-state index contributed by atoms with van der Waals surface area (Å²) < 4.78 is 2.74. The van der Waals surface area contributed by atoms with E-state index in [-0.39, 0.29) is 24.2 Å². The summed E-state index contributed by atoms with van der Waals surface area (Å²) in [5, 5.41) is 7.56. The van der Waals surface area contributed by atoms with Crippen LogP contribution in [0, 0.1) is 6.92 Å². The zero-order chi connectivity index (χ0) is 22.8.